The molecular weight excluding hydrogens is 227 g/mol. The summed E-state index contributed by atoms with van der Waals surface area (Å²) in [4.78, 5) is 6.37. The Bertz CT molecular complexity index is 378. The molecule has 1 heterocycles. The van der Waals surface area contributed by atoms with Crippen molar-refractivity contribution < 1.29 is 5.11 Å². The zero-order valence-electron chi connectivity index (χ0n) is 6.93. The van der Waals surface area contributed by atoms with Crippen molar-refractivity contribution in [3.63, 3.8) is 0 Å². The number of hydrogen-bond acceptors (Lipinski definition) is 3. The van der Waals surface area contributed by atoms with Crippen LogP contribution in [-0.4, -0.2) is 16.7 Å². The second kappa shape index (κ2) is 5.02. The SMILES string of the molecule is [N-]=[N+]=NC(CO)c1cnc(Cl)c(Cl)c1. The molecule has 1 rings (SSSR count). The molecule has 1 aromatic rings. The number of hydrogen-bond donors (Lipinski definition) is 1. The Morgan fingerprint density at radius 2 is 2.36 bits per heavy atom. The highest BCUT2D eigenvalue weighted by atomic mass is 35.5. The molecule has 0 aliphatic heterocycles. The third-order valence-electron chi connectivity index (χ3n) is 1.57. The van der Waals surface area contributed by atoms with Crippen molar-refractivity contribution in [3.8, 4) is 0 Å². The van der Waals surface area contributed by atoms with Crippen LogP contribution in [0.4, 0.5) is 0 Å². The van der Waals surface area contributed by atoms with Crippen LogP contribution in [0.15, 0.2) is 17.4 Å². The highest BCUT2D eigenvalue weighted by Crippen LogP contribution is 2.24. The molecule has 0 saturated carbocycles. The normalized spacial score (nSPS) is 11.9. The van der Waals surface area contributed by atoms with Gasteiger partial charge in [0.2, 0.25) is 0 Å². The Morgan fingerprint density at radius 3 is 2.86 bits per heavy atom. The van der Waals surface area contributed by atoms with Crippen molar-refractivity contribution >= 4 is 23.2 Å². The number of azide groups is 1. The minimum atomic E-state index is -0.678. The third-order valence-corrected chi connectivity index (χ3v) is 2.25. The maximum Gasteiger partial charge on any atom is 0.147 e. The molecule has 0 bridgehead atoms. The van der Waals surface area contributed by atoms with E-state index in [1.807, 2.05) is 0 Å². The number of aliphatic hydroxyl groups excluding tert-OH is 1. The van der Waals surface area contributed by atoms with E-state index in [2.05, 4.69) is 15.0 Å². The highest BCUT2D eigenvalue weighted by molar-refractivity contribution is 6.41. The smallest absolute Gasteiger partial charge is 0.147 e. The van der Waals surface area contributed by atoms with Gasteiger partial charge in [0.1, 0.15) is 5.15 Å². The van der Waals surface area contributed by atoms with E-state index in [9.17, 15) is 0 Å². The maximum atomic E-state index is 8.90. The van der Waals surface area contributed by atoms with Gasteiger partial charge in [0.25, 0.3) is 0 Å². The molecule has 0 fully saturated rings. The van der Waals surface area contributed by atoms with E-state index >= 15 is 0 Å². The fraction of sp³-hybridized carbons (Fsp3) is 0.286. The molecule has 7 heteroatoms. The average Bonchev–Trinajstić information content (AvgIpc) is 2.19. The molecule has 0 amide bonds. The molecule has 0 spiro atoms. The summed E-state index contributed by atoms with van der Waals surface area (Å²) in [5.41, 5.74) is 8.75. The summed E-state index contributed by atoms with van der Waals surface area (Å²) in [7, 11) is 0. The van der Waals surface area contributed by atoms with Crippen LogP contribution in [0.5, 0.6) is 0 Å². The van der Waals surface area contributed by atoms with Gasteiger partial charge in [-0.25, -0.2) is 4.98 Å². The number of halogens is 2. The minimum absolute atomic E-state index is 0.174. The van der Waals surface area contributed by atoms with Gasteiger partial charge in [-0.05, 0) is 17.2 Å². The molecule has 0 aromatic carbocycles. The summed E-state index contributed by atoms with van der Waals surface area (Å²) < 4.78 is 0. The zero-order valence-corrected chi connectivity index (χ0v) is 8.44. The first kappa shape index (κ1) is 11.1. The molecule has 0 aliphatic rings. The minimum Gasteiger partial charge on any atom is -0.396 e. The predicted octanol–water partition coefficient (Wildman–Crippen LogP) is 2.73. The molecule has 1 atom stereocenters. The van der Waals surface area contributed by atoms with Crippen molar-refractivity contribution in [2.45, 2.75) is 6.04 Å². The largest absolute Gasteiger partial charge is 0.396 e. The number of aromatic nitrogens is 1. The molecule has 1 unspecified atom stereocenters. The first-order chi connectivity index (χ1) is 6.69. The lowest BCUT2D eigenvalue weighted by atomic mass is 10.1. The van der Waals surface area contributed by atoms with Crippen molar-refractivity contribution in [1.82, 2.24) is 4.98 Å². The summed E-state index contributed by atoms with van der Waals surface area (Å²) in [6.07, 6.45) is 1.41. The average molecular weight is 233 g/mol. The fourth-order valence-corrected chi connectivity index (χ4v) is 1.17. The molecule has 14 heavy (non-hydrogen) atoms. The lowest BCUT2D eigenvalue weighted by molar-refractivity contribution is 0.267. The van der Waals surface area contributed by atoms with Crippen LogP contribution in [0.3, 0.4) is 0 Å². The van der Waals surface area contributed by atoms with E-state index < -0.39 is 6.04 Å². The lowest BCUT2D eigenvalue weighted by Crippen LogP contribution is -2.00. The third kappa shape index (κ3) is 2.49. The first-order valence-electron chi connectivity index (χ1n) is 3.65. The number of rotatable bonds is 3. The van der Waals surface area contributed by atoms with Gasteiger partial charge < -0.3 is 5.11 Å². The molecule has 0 radical (unpaired) electrons. The Labute approximate surface area is 89.9 Å². The molecular formula is C7H6Cl2N4O. The highest BCUT2D eigenvalue weighted by Gasteiger charge is 2.10. The topological polar surface area (TPSA) is 81.9 Å². The summed E-state index contributed by atoms with van der Waals surface area (Å²) >= 11 is 11.3. The molecule has 74 valence electrons. The Kier molecular flexibility index (Phi) is 3.98. The quantitative estimate of drug-likeness (QED) is 0.376. The van der Waals surface area contributed by atoms with Crippen molar-refractivity contribution in [1.29, 1.82) is 0 Å². The van der Waals surface area contributed by atoms with Crippen LogP contribution in [0.2, 0.25) is 10.2 Å². The molecule has 1 N–H and O–H groups in total. The van der Waals surface area contributed by atoms with Crippen LogP contribution < -0.4 is 0 Å². The predicted molar refractivity (Wildman–Crippen MR) is 53.2 cm³/mol. The second-order valence-electron chi connectivity index (χ2n) is 2.44. The van der Waals surface area contributed by atoms with Gasteiger partial charge >= 0.3 is 0 Å². The standard InChI is InChI=1S/C7H6Cl2N4O/c8-5-1-4(2-11-7(5)9)6(3-14)12-13-10/h1-2,6,14H,3H2. The zero-order chi connectivity index (χ0) is 10.6. The number of nitrogens with zero attached hydrogens (tertiary/aromatic N) is 4. The Hall–Kier alpha value is -1.000. The summed E-state index contributed by atoms with van der Waals surface area (Å²) in [6.45, 7) is -0.302. The number of aliphatic hydroxyl groups is 1. The van der Waals surface area contributed by atoms with Crippen LogP contribution in [0.1, 0.15) is 11.6 Å². The summed E-state index contributed by atoms with van der Waals surface area (Å²) in [5, 5.41) is 12.7. The molecule has 1 aromatic heterocycles. The summed E-state index contributed by atoms with van der Waals surface area (Å²) in [5.74, 6) is 0. The second-order valence-corrected chi connectivity index (χ2v) is 3.21. The molecule has 0 aliphatic carbocycles. The Balaban J connectivity index is 3.05. The van der Waals surface area contributed by atoms with E-state index in [0.717, 1.165) is 0 Å². The maximum absolute atomic E-state index is 8.90. The van der Waals surface area contributed by atoms with Crippen LogP contribution in [-0.2, 0) is 0 Å². The van der Waals surface area contributed by atoms with E-state index in [-0.39, 0.29) is 16.8 Å². The van der Waals surface area contributed by atoms with Gasteiger partial charge in [-0.2, -0.15) is 0 Å². The van der Waals surface area contributed by atoms with E-state index in [4.69, 9.17) is 33.8 Å². The van der Waals surface area contributed by atoms with E-state index in [1.165, 1.54) is 12.3 Å². The van der Waals surface area contributed by atoms with Gasteiger partial charge in [0.05, 0.1) is 17.7 Å². The lowest BCUT2D eigenvalue weighted by Gasteiger charge is -2.07. The molecule has 0 saturated heterocycles. The van der Waals surface area contributed by atoms with Crippen molar-refractivity contribution in [3.05, 3.63) is 38.4 Å². The Morgan fingerprint density at radius 1 is 1.64 bits per heavy atom. The van der Waals surface area contributed by atoms with Crippen LogP contribution in [0.25, 0.3) is 10.4 Å². The van der Waals surface area contributed by atoms with Crippen LogP contribution in [0, 0.1) is 0 Å². The van der Waals surface area contributed by atoms with E-state index in [0.29, 0.717) is 5.56 Å². The monoisotopic (exact) mass is 232 g/mol. The van der Waals surface area contributed by atoms with E-state index in [1.54, 1.807) is 0 Å². The van der Waals surface area contributed by atoms with Gasteiger partial charge in [-0.3, -0.25) is 0 Å². The van der Waals surface area contributed by atoms with Crippen molar-refractivity contribution in [2.24, 2.45) is 5.11 Å². The first-order valence-corrected chi connectivity index (χ1v) is 4.40. The van der Waals surface area contributed by atoms with Gasteiger partial charge in [0.15, 0.2) is 0 Å². The van der Waals surface area contributed by atoms with Gasteiger partial charge in [0, 0.05) is 11.1 Å². The fourth-order valence-electron chi connectivity index (χ4n) is 0.889. The van der Waals surface area contributed by atoms with Crippen molar-refractivity contribution in [2.75, 3.05) is 6.61 Å². The molecule has 5 nitrogen and oxygen atoms in total. The van der Waals surface area contributed by atoms with Gasteiger partial charge in [-0.1, -0.05) is 28.3 Å². The van der Waals surface area contributed by atoms with Gasteiger partial charge in [-0.15, -0.1) is 0 Å². The van der Waals surface area contributed by atoms with Crippen LogP contribution >= 0.6 is 23.2 Å². The summed E-state index contributed by atoms with van der Waals surface area (Å²) in [6, 6.07) is 0.828. The number of pyridine rings is 1.